The number of aromatic nitrogens is 3. The van der Waals surface area contributed by atoms with Crippen LogP contribution < -0.4 is 5.69 Å². The predicted molar refractivity (Wildman–Crippen MR) is 103 cm³/mol. The molecule has 1 saturated heterocycles. The lowest BCUT2D eigenvalue weighted by Gasteiger charge is -2.31. The molecule has 8 heteroatoms. The Balaban J connectivity index is 1.46. The lowest BCUT2D eigenvalue weighted by Crippen LogP contribution is -2.38. The fraction of sp³-hybridized carbons (Fsp3) is 0.250. The lowest BCUT2D eigenvalue weighted by molar-refractivity contribution is 0.0706. The number of nitrogens with one attached hydrogen (secondary N) is 1. The molecule has 0 saturated carbocycles. The predicted octanol–water partition coefficient (Wildman–Crippen LogP) is 3.37. The highest BCUT2D eigenvalue weighted by Gasteiger charge is 2.28. The molecule has 144 valence electrons. The minimum absolute atomic E-state index is 0.0333. The number of halogens is 2. The van der Waals surface area contributed by atoms with Crippen LogP contribution in [0.3, 0.4) is 0 Å². The maximum Gasteiger partial charge on any atom is 0.348 e. The molecule has 0 bridgehead atoms. The number of hydrogen-bond donors (Lipinski definition) is 1. The first kappa shape index (κ1) is 18.4. The van der Waals surface area contributed by atoms with Crippen molar-refractivity contribution in [3.05, 3.63) is 81.2 Å². The van der Waals surface area contributed by atoms with Crippen molar-refractivity contribution in [3.8, 4) is 5.69 Å². The maximum absolute atomic E-state index is 13.9. The minimum Gasteiger partial charge on any atom is -0.339 e. The summed E-state index contributed by atoms with van der Waals surface area (Å²) in [5.74, 6) is -0.193. The average Bonchev–Trinajstić information content (AvgIpc) is 3.10. The molecule has 1 aliphatic rings. The van der Waals surface area contributed by atoms with E-state index in [1.165, 1.54) is 16.8 Å². The van der Waals surface area contributed by atoms with Crippen LogP contribution in [0.15, 0.2) is 53.3 Å². The van der Waals surface area contributed by atoms with Crippen molar-refractivity contribution in [2.75, 3.05) is 13.1 Å². The van der Waals surface area contributed by atoms with Crippen LogP contribution in [0.1, 0.15) is 34.9 Å². The first-order valence-corrected chi connectivity index (χ1v) is 9.39. The van der Waals surface area contributed by atoms with E-state index in [9.17, 15) is 14.0 Å². The van der Waals surface area contributed by atoms with Gasteiger partial charge < -0.3 is 4.90 Å². The van der Waals surface area contributed by atoms with Crippen LogP contribution in [0.25, 0.3) is 5.69 Å². The number of carbonyl (C=O) groups is 1. The third-order valence-electron chi connectivity index (χ3n) is 4.98. The summed E-state index contributed by atoms with van der Waals surface area (Å²) in [5.41, 5.74) is 0.396. The number of nitrogens with zero attached hydrogens (tertiary/aromatic N) is 3. The minimum atomic E-state index is -0.513. The number of rotatable bonds is 3. The fourth-order valence-electron chi connectivity index (χ4n) is 3.44. The second kappa shape index (κ2) is 7.59. The molecule has 1 aromatic heterocycles. The summed E-state index contributed by atoms with van der Waals surface area (Å²) < 4.78 is 15.2. The highest BCUT2D eigenvalue weighted by molar-refractivity contribution is 6.30. The van der Waals surface area contributed by atoms with Crippen LogP contribution in [0.5, 0.6) is 0 Å². The van der Waals surface area contributed by atoms with Gasteiger partial charge in [-0.1, -0.05) is 23.7 Å². The molecule has 2 aromatic carbocycles. The molecular formula is C20H18ClFN4O2. The van der Waals surface area contributed by atoms with Crippen molar-refractivity contribution in [2.24, 2.45) is 0 Å². The monoisotopic (exact) mass is 400 g/mol. The van der Waals surface area contributed by atoms with Crippen LogP contribution >= 0.6 is 11.6 Å². The Kier molecular flexibility index (Phi) is 5.00. The van der Waals surface area contributed by atoms with Crippen LogP contribution in [0.4, 0.5) is 4.39 Å². The van der Waals surface area contributed by atoms with Crippen LogP contribution in [0, 0.1) is 5.82 Å². The first-order chi connectivity index (χ1) is 13.5. The second-order valence-electron chi connectivity index (χ2n) is 6.75. The Bertz CT molecular complexity index is 1050. The molecule has 1 aliphatic heterocycles. The third kappa shape index (κ3) is 3.57. The highest BCUT2D eigenvalue weighted by atomic mass is 35.5. The van der Waals surface area contributed by atoms with Crippen molar-refractivity contribution >= 4 is 17.5 Å². The van der Waals surface area contributed by atoms with E-state index in [0.717, 1.165) is 0 Å². The average molecular weight is 401 g/mol. The molecule has 3 aromatic rings. The molecule has 28 heavy (non-hydrogen) atoms. The topological polar surface area (TPSA) is 71.0 Å². The lowest BCUT2D eigenvalue weighted by atomic mass is 9.95. The van der Waals surface area contributed by atoms with E-state index in [2.05, 4.69) is 10.1 Å². The van der Waals surface area contributed by atoms with Gasteiger partial charge in [-0.15, -0.1) is 5.10 Å². The molecule has 1 fully saturated rings. The molecule has 0 atom stereocenters. The van der Waals surface area contributed by atoms with Gasteiger partial charge >= 0.3 is 5.69 Å². The summed E-state index contributed by atoms with van der Waals surface area (Å²) in [6.07, 6.45) is 1.29. The van der Waals surface area contributed by atoms with Gasteiger partial charge in [-0.05, 0) is 49.2 Å². The largest absolute Gasteiger partial charge is 0.348 e. The number of H-pyrrole nitrogens is 1. The SMILES string of the molecule is O=C(c1ccccc1F)N1CCC(c2nn(-c3ccc(Cl)cc3)c(=O)[nH]2)CC1. The van der Waals surface area contributed by atoms with Crippen molar-refractivity contribution in [3.63, 3.8) is 0 Å². The maximum atomic E-state index is 13.9. The van der Waals surface area contributed by atoms with E-state index in [-0.39, 0.29) is 23.1 Å². The Labute approximate surface area is 165 Å². The van der Waals surface area contributed by atoms with Crippen molar-refractivity contribution in [2.45, 2.75) is 18.8 Å². The number of carbonyl (C=O) groups excluding carboxylic acids is 1. The molecule has 4 rings (SSSR count). The molecule has 0 spiro atoms. The molecule has 1 N–H and O–H groups in total. The van der Waals surface area contributed by atoms with Crippen LogP contribution in [0.2, 0.25) is 5.02 Å². The van der Waals surface area contributed by atoms with Gasteiger partial charge in [0.1, 0.15) is 11.6 Å². The second-order valence-corrected chi connectivity index (χ2v) is 7.19. The van der Waals surface area contributed by atoms with Gasteiger partial charge in [0.25, 0.3) is 5.91 Å². The van der Waals surface area contributed by atoms with Crippen molar-refractivity contribution < 1.29 is 9.18 Å². The standard InChI is InChI=1S/C20H18ClFN4O2/c21-14-5-7-15(8-6-14)26-20(28)23-18(24-26)13-9-11-25(12-10-13)19(27)16-3-1-2-4-17(16)22/h1-8,13H,9-12H2,(H,23,24,28). The number of hydrogen-bond acceptors (Lipinski definition) is 3. The van der Waals surface area contributed by atoms with Crippen LogP contribution in [-0.4, -0.2) is 38.7 Å². The van der Waals surface area contributed by atoms with Gasteiger partial charge in [0, 0.05) is 24.0 Å². The van der Waals surface area contributed by atoms with Gasteiger partial charge in [-0.3, -0.25) is 9.78 Å². The molecule has 0 radical (unpaired) electrons. The number of benzene rings is 2. The number of amides is 1. The summed E-state index contributed by atoms with van der Waals surface area (Å²) in [4.78, 5) is 29.3. The number of likely N-dealkylation sites (tertiary alicyclic amines) is 1. The van der Waals surface area contributed by atoms with Gasteiger partial charge in [0.2, 0.25) is 0 Å². The summed E-state index contributed by atoms with van der Waals surface area (Å²) in [6, 6.07) is 12.8. The zero-order valence-electron chi connectivity index (χ0n) is 14.9. The molecule has 2 heterocycles. The summed E-state index contributed by atoms with van der Waals surface area (Å²) >= 11 is 5.89. The molecule has 6 nitrogen and oxygen atoms in total. The van der Waals surface area contributed by atoms with E-state index >= 15 is 0 Å². The Morgan fingerprint density at radius 2 is 1.79 bits per heavy atom. The molecular weight excluding hydrogens is 383 g/mol. The van der Waals surface area contributed by atoms with E-state index in [1.54, 1.807) is 41.3 Å². The third-order valence-corrected chi connectivity index (χ3v) is 5.23. The van der Waals surface area contributed by atoms with Gasteiger partial charge in [-0.25, -0.2) is 9.18 Å². The Hall–Kier alpha value is -2.93. The molecule has 0 unspecified atom stereocenters. The number of piperidine rings is 1. The normalized spacial score (nSPS) is 15.0. The fourth-order valence-corrected chi connectivity index (χ4v) is 3.57. The first-order valence-electron chi connectivity index (χ1n) is 9.02. The zero-order valence-corrected chi connectivity index (χ0v) is 15.7. The van der Waals surface area contributed by atoms with Crippen molar-refractivity contribution in [1.82, 2.24) is 19.7 Å². The zero-order chi connectivity index (χ0) is 19.7. The van der Waals surface area contributed by atoms with E-state index < -0.39 is 5.82 Å². The van der Waals surface area contributed by atoms with Crippen LogP contribution in [-0.2, 0) is 0 Å². The molecule has 0 aliphatic carbocycles. The van der Waals surface area contributed by atoms with E-state index in [0.29, 0.717) is 42.5 Å². The molecule has 1 amide bonds. The quantitative estimate of drug-likeness (QED) is 0.732. The number of aromatic amines is 1. The van der Waals surface area contributed by atoms with Gasteiger partial charge in [-0.2, -0.15) is 4.68 Å². The van der Waals surface area contributed by atoms with Gasteiger partial charge in [0.15, 0.2) is 0 Å². The van der Waals surface area contributed by atoms with Crippen molar-refractivity contribution in [1.29, 1.82) is 0 Å². The smallest absolute Gasteiger partial charge is 0.339 e. The summed E-state index contributed by atoms with van der Waals surface area (Å²) in [6.45, 7) is 0.960. The summed E-state index contributed by atoms with van der Waals surface area (Å²) in [7, 11) is 0. The van der Waals surface area contributed by atoms with Gasteiger partial charge in [0.05, 0.1) is 11.3 Å². The van der Waals surface area contributed by atoms with E-state index in [1.807, 2.05) is 0 Å². The van der Waals surface area contributed by atoms with E-state index in [4.69, 9.17) is 11.6 Å². The Morgan fingerprint density at radius 3 is 2.46 bits per heavy atom. The Morgan fingerprint density at radius 1 is 1.11 bits per heavy atom. The highest BCUT2D eigenvalue weighted by Crippen LogP contribution is 2.26. The summed E-state index contributed by atoms with van der Waals surface area (Å²) in [5, 5.41) is 5.00.